The van der Waals surface area contributed by atoms with Crippen molar-refractivity contribution in [3.63, 3.8) is 0 Å². The van der Waals surface area contributed by atoms with Crippen LogP contribution in [-0.2, 0) is 13.6 Å². The van der Waals surface area contributed by atoms with Gasteiger partial charge in [-0.1, -0.05) is 0 Å². The molecular weight excluding hydrogens is 377 g/mol. The van der Waals surface area contributed by atoms with E-state index >= 15 is 0 Å². The van der Waals surface area contributed by atoms with E-state index in [2.05, 4.69) is 15.3 Å². The molecule has 0 aliphatic rings. The number of halogens is 1. The normalized spacial score (nSPS) is 11.0. The summed E-state index contributed by atoms with van der Waals surface area (Å²) >= 11 is 0. The molecule has 4 rings (SSSR count). The third-order valence-electron chi connectivity index (χ3n) is 4.55. The van der Waals surface area contributed by atoms with Crippen LogP contribution in [0.1, 0.15) is 15.9 Å². The van der Waals surface area contributed by atoms with Crippen molar-refractivity contribution in [3.05, 3.63) is 92.8 Å². The highest BCUT2D eigenvalue weighted by atomic mass is 19.1. The number of pyridine rings is 1. The van der Waals surface area contributed by atoms with Gasteiger partial charge in [0, 0.05) is 32.2 Å². The lowest BCUT2D eigenvalue weighted by molar-refractivity contribution is 0.0952. The Balaban J connectivity index is 1.76. The van der Waals surface area contributed by atoms with Crippen molar-refractivity contribution in [1.82, 2.24) is 24.4 Å². The fourth-order valence-corrected chi connectivity index (χ4v) is 3.15. The van der Waals surface area contributed by atoms with Crippen molar-refractivity contribution in [2.75, 3.05) is 0 Å². The first-order valence-corrected chi connectivity index (χ1v) is 8.73. The molecule has 0 saturated heterocycles. The number of H-pyrrole nitrogens is 1. The van der Waals surface area contributed by atoms with E-state index in [0.29, 0.717) is 0 Å². The Labute approximate surface area is 163 Å². The molecule has 0 radical (unpaired) electrons. The SMILES string of the molecule is Cn1cc(C(=O)NCc2ccncc2)c2[nH]c(=O)n(-c3ccc(F)cc3)c(=O)c21. The van der Waals surface area contributed by atoms with Crippen LogP contribution in [0.25, 0.3) is 16.7 Å². The van der Waals surface area contributed by atoms with Crippen LogP contribution in [0.2, 0.25) is 0 Å². The fraction of sp³-hybridized carbons (Fsp3) is 0.100. The lowest BCUT2D eigenvalue weighted by atomic mass is 10.2. The molecule has 0 saturated carbocycles. The zero-order valence-corrected chi connectivity index (χ0v) is 15.3. The van der Waals surface area contributed by atoms with E-state index in [1.165, 1.54) is 22.9 Å². The molecule has 146 valence electrons. The molecule has 0 spiro atoms. The number of fused-ring (bicyclic) bond motifs is 1. The first-order valence-electron chi connectivity index (χ1n) is 8.73. The molecule has 0 aliphatic heterocycles. The van der Waals surface area contributed by atoms with Gasteiger partial charge in [-0.05, 0) is 42.0 Å². The first kappa shape index (κ1) is 18.4. The fourth-order valence-electron chi connectivity index (χ4n) is 3.15. The minimum atomic E-state index is -0.719. The molecule has 0 aliphatic carbocycles. The smallest absolute Gasteiger partial charge is 0.333 e. The predicted octanol–water partition coefficient (Wildman–Crippen LogP) is 1.48. The summed E-state index contributed by atoms with van der Waals surface area (Å²) in [6.07, 6.45) is 4.72. The second-order valence-electron chi connectivity index (χ2n) is 6.46. The zero-order valence-electron chi connectivity index (χ0n) is 15.3. The van der Waals surface area contributed by atoms with Crippen molar-refractivity contribution >= 4 is 16.9 Å². The molecule has 1 aromatic carbocycles. The molecule has 0 fully saturated rings. The Morgan fingerprint density at radius 2 is 1.83 bits per heavy atom. The molecule has 2 N–H and O–H groups in total. The number of aromatic amines is 1. The first-order chi connectivity index (χ1) is 14.0. The maximum Gasteiger partial charge on any atom is 0.333 e. The molecular formula is C20H16FN5O3. The molecule has 3 heterocycles. The van der Waals surface area contributed by atoms with Crippen LogP contribution >= 0.6 is 0 Å². The average Bonchev–Trinajstić information content (AvgIpc) is 3.04. The van der Waals surface area contributed by atoms with E-state index in [1.807, 2.05) is 0 Å². The maximum absolute atomic E-state index is 13.2. The van der Waals surface area contributed by atoms with Gasteiger partial charge in [-0.2, -0.15) is 0 Å². The van der Waals surface area contributed by atoms with Crippen molar-refractivity contribution in [1.29, 1.82) is 0 Å². The standard InChI is InChI=1S/C20H16FN5O3/c1-25-11-15(18(27)23-10-12-6-8-22-9-7-12)16-17(25)19(28)26(20(29)24-16)14-4-2-13(21)3-5-14/h2-9,11H,10H2,1H3,(H,23,27)(H,24,29). The van der Waals surface area contributed by atoms with Gasteiger partial charge in [0.2, 0.25) is 0 Å². The molecule has 4 aromatic rings. The predicted molar refractivity (Wildman–Crippen MR) is 105 cm³/mol. The minimum Gasteiger partial charge on any atom is -0.348 e. The van der Waals surface area contributed by atoms with Gasteiger partial charge in [0.1, 0.15) is 11.3 Å². The van der Waals surface area contributed by atoms with Crippen LogP contribution in [0.15, 0.2) is 64.6 Å². The van der Waals surface area contributed by atoms with Crippen molar-refractivity contribution in [2.45, 2.75) is 6.54 Å². The van der Waals surface area contributed by atoms with Crippen LogP contribution in [0.5, 0.6) is 0 Å². The number of rotatable bonds is 4. The number of amides is 1. The van der Waals surface area contributed by atoms with E-state index in [4.69, 9.17) is 0 Å². The quantitative estimate of drug-likeness (QED) is 0.548. The van der Waals surface area contributed by atoms with E-state index in [1.54, 1.807) is 31.6 Å². The number of hydrogen-bond donors (Lipinski definition) is 2. The topological polar surface area (TPSA) is 102 Å². The molecule has 0 atom stereocenters. The van der Waals surface area contributed by atoms with Gasteiger partial charge >= 0.3 is 5.69 Å². The number of nitrogens with zero attached hydrogens (tertiary/aromatic N) is 3. The van der Waals surface area contributed by atoms with E-state index < -0.39 is 23.0 Å². The van der Waals surface area contributed by atoms with Gasteiger partial charge in [-0.3, -0.25) is 14.6 Å². The summed E-state index contributed by atoms with van der Waals surface area (Å²) in [7, 11) is 1.61. The number of carbonyl (C=O) groups is 1. The molecule has 8 nitrogen and oxygen atoms in total. The number of benzene rings is 1. The lowest BCUT2D eigenvalue weighted by Gasteiger charge is -2.06. The van der Waals surface area contributed by atoms with E-state index in [9.17, 15) is 18.8 Å². The van der Waals surface area contributed by atoms with Crippen LogP contribution < -0.4 is 16.6 Å². The summed E-state index contributed by atoms with van der Waals surface area (Å²) in [6, 6.07) is 8.54. The Kier molecular flexibility index (Phi) is 4.55. The second kappa shape index (κ2) is 7.19. The van der Waals surface area contributed by atoms with Gasteiger partial charge in [0.15, 0.2) is 0 Å². The van der Waals surface area contributed by atoms with Crippen molar-refractivity contribution in [2.24, 2.45) is 7.05 Å². The minimum absolute atomic E-state index is 0.146. The van der Waals surface area contributed by atoms with E-state index in [0.717, 1.165) is 22.3 Å². The highest BCUT2D eigenvalue weighted by molar-refractivity contribution is 6.05. The van der Waals surface area contributed by atoms with Gasteiger partial charge in [-0.15, -0.1) is 0 Å². The molecule has 1 amide bonds. The number of aromatic nitrogens is 4. The lowest BCUT2D eigenvalue weighted by Crippen LogP contribution is -2.34. The van der Waals surface area contributed by atoms with Crippen molar-refractivity contribution in [3.8, 4) is 5.69 Å². The van der Waals surface area contributed by atoms with E-state index in [-0.39, 0.29) is 28.8 Å². The number of aryl methyl sites for hydroxylation is 1. The van der Waals surface area contributed by atoms with Crippen LogP contribution in [0.4, 0.5) is 4.39 Å². The van der Waals surface area contributed by atoms with Gasteiger partial charge < -0.3 is 14.9 Å². The summed E-state index contributed by atoms with van der Waals surface area (Å²) in [6.45, 7) is 0.272. The van der Waals surface area contributed by atoms with Crippen molar-refractivity contribution < 1.29 is 9.18 Å². The van der Waals surface area contributed by atoms with Crippen LogP contribution in [-0.4, -0.2) is 25.0 Å². The Morgan fingerprint density at radius 3 is 2.52 bits per heavy atom. The Morgan fingerprint density at radius 1 is 1.14 bits per heavy atom. The molecule has 3 aromatic heterocycles. The molecule has 29 heavy (non-hydrogen) atoms. The summed E-state index contributed by atoms with van der Waals surface area (Å²) in [5, 5.41) is 2.76. The molecule has 0 unspecified atom stereocenters. The molecule has 9 heteroatoms. The third-order valence-corrected chi connectivity index (χ3v) is 4.55. The number of nitrogens with one attached hydrogen (secondary N) is 2. The number of carbonyl (C=O) groups excluding carboxylic acids is 1. The summed E-state index contributed by atoms with van der Waals surface area (Å²) in [4.78, 5) is 44.7. The maximum atomic E-state index is 13.2. The molecule has 0 bridgehead atoms. The monoisotopic (exact) mass is 393 g/mol. The van der Waals surface area contributed by atoms with Gasteiger partial charge in [0.05, 0.1) is 16.8 Å². The van der Waals surface area contributed by atoms with Gasteiger partial charge in [-0.25, -0.2) is 13.8 Å². The summed E-state index contributed by atoms with van der Waals surface area (Å²) in [5.41, 5.74) is 0.243. The summed E-state index contributed by atoms with van der Waals surface area (Å²) < 4.78 is 15.6. The second-order valence-corrected chi connectivity index (χ2v) is 6.46. The number of hydrogen-bond acceptors (Lipinski definition) is 4. The average molecular weight is 393 g/mol. The summed E-state index contributed by atoms with van der Waals surface area (Å²) in [5.74, 6) is -0.909. The third kappa shape index (κ3) is 3.33. The Hall–Kier alpha value is -4.01. The zero-order chi connectivity index (χ0) is 20.5. The van der Waals surface area contributed by atoms with Crippen LogP contribution in [0.3, 0.4) is 0 Å². The van der Waals surface area contributed by atoms with Gasteiger partial charge in [0.25, 0.3) is 11.5 Å². The Bertz CT molecular complexity index is 1320. The largest absolute Gasteiger partial charge is 0.348 e. The highest BCUT2D eigenvalue weighted by Crippen LogP contribution is 2.15. The van der Waals surface area contributed by atoms with Crippen LogP contribution in [0, 0.1) is 5.82 Å². The highest BCUT2D eigenvalue weighted by Gasteiger charge is 2.20.